The van der Waals surface area contributed by atoms with Gasteiger partial charge in [-0.2, -0.15) is 0 Å². The highest BCUT2D eigenvalue weighted by Crippen LogP contribution is 2.32. The Labute approximate surface area is 114 Å². The van der Waals surface area contributed by atoms with Crippen LogP contribution >= 0.6 is 0 Å². The highest BCUT2D eigenvalue weighted by Gasteiger charge is 2.26. The number of aromatic nitrogens is 1. The van der Waals surface area contributed by atoms with Gasteiger partial charge in [0.15, 0.2) is 5.78 Å². The number of fused-ring (bicyclic) bond motifs is 1. The summed E-state index contributed by atoms with van der Waals surface area (Å²) in [4.78, 5) is 15.6. The minimum absolute atomic E-state index is 0.131. The SMILES string of the molecule is CCCOc1cccc2[nH]cc(C(=O)C(C)(C)C)c12. The molecule has 0 saturated carbocycles. The predicted molar refractivity (Wildman–Crippen MR) is 77.9 cm³/mol. The van der Waals surface area contributed by atoms with Crippen LogP contribution in [0.1, 0.15) is 44.5 Å². The average molecular weight is 259 g/mol. The van der Waals surface area contributed by atoms with Gasteiger partial charge >= 0.3 is 0 Å². The van der Waals surface area contributed by atoms with Crippen molar-refractivity contribution in [3.63, 3.8) is 0 Å². The summed E-state index contributed by atoms with van der Waals surface area (Å²) in [5, 5.41) is 0.899. The van der Waals surface area contributed by atoms with Crippen LogP contribution in [0.5, 0.6) is 5.75 Å². The summed E-state index contributed by atoms with van der Waals surface area (Å²) >= 11 is 0. The first-order valence-electron chi connectivity index (χ1n) is 6.73. The summed E-state index contributed by atoms with van der Waals surface area (Å²) in [6.07, 6.45) is 2.74. The van der Waals surface area contributed by atoms with E-state index >= 15 is 0 Å². The van der Waals surface area contributed by atoms with Crippen LogP contribution in [0.15, 0.2) is 24.4 Å². The molecule has 0 unspecified atom stereocenters. The molecule has 0 saturated heterocycles. The zero-order chi connectivity index (χ0) is 14.0. The monoisotopic (exact) mass is 259 g/mol. The molecule has 0 bridgehead atoms. The number of ketones is 1. The molecule has 1 aromatic carbocycles. The number of hydrogen-bond acceptors (Lipinski definition) is 2. The van der Waals surface area contributed by atoms with E-state index in [0.717, 1.165) is 23.1 Å². The number of H-pyrrole nitrogens is 1. The van der Waals surface area contributed by atoms with Crippen molar-refractivity contribution in [1.82, 2.24) is 4.98 Å². The van der Waals surface area contributed by atoms with Gasteiger partial charge in [-0.15, -0.1) is 0 Å². The van der Waals surface area contributed by atoms with Crippen LogP contribution in [0.25, 0.3) is 10.9 Å². The fourth-order valence-electron chi connectivity index (χ4n) is 2.07. The molecule has 0 aliphatic rings. The quantitative estimate of drug-likeness (QED) is 0.837. The zero-order valence-corrected chi connectivity index (χ0v) is 12.0. The van der Waals surface area contributed by atoms with Crippen LogP contribution in [0.2, 0.25) is 0 Å². The minimum Gasteiger partial charge on any atom is -0.493 e. The molecular formula is C16H21NO2. The highest BCUT2D eigenvalue weighted by atomic mass is 16.5. The molecule has 1 N–H and O–H groups in total. The molecule has 3 nitrogen and oxygen atoms in total. The van der Waals surface area contributed by atoms with Crippen LogP contribution in [0.3, 0.4) is 0 Å². The summed E-state index contributed by atoms with van der Waals surface area (Å²) in [6, 6.07) is 5.83. The third-order valence-electron chi connectivity index (χ3n) is 3.06. The van der Waals surface area contributed by atoms with Crippen molar-refractivity contribution in [3.8, 4) is 5.75 Å². The predicted octanol–water partition coefficient (Wildman–Crippen LogP) is 4.19. The summed E-state index contributed by atoms with van der Waals surface area (Å²) in [7, 11) is 0. The number of carbonyl (C=O) groups excluding carboxylic acids is 1. The Hall–Kier alpha value is -1.77. The second kappa shape index (κ2) is 5.08. The third-order valence-corrected chi connectivity index (χ3v) is 3.06. The lowest BCUT2D eigenvalue weighted by Crippen LogP contribution is -2.19. The fourth-order valence-corrected chi connectivity index (χ4v) is 2.07. The number of benzene rings is 1. The van der Waals surface area contributed by atoms with Crippen LogP contribution < -0.4 is 4.74 Å². The molecule has 19 heavy (non-hydrogen) atoms. The number of hydrogen-bond donors (Lipinski definition) is 1. The lowest BCUT2D eigenvalue weighted by atomic mass is 9.86. The summed E-state index contributed by atoms with van der Waals surface area (Å²) < 4.78 is 5.76. The Morgan fingerprint density at radius 3 is 2.68 bits per heavy atom. The fraction of sp³-hybridized carbons (Fsp3) is 0.438. The topological polar surface area (TPSA) is 42.1 Å². The molecule has 0 aliphatic heterocycles. The van der Waals surface area contributed by atoms with Gasteiger partial charge in [0.25, 0.3) is 0 Å². The van der Waals surface area contributed by atoms with Crippen molar-refractivity contribution in [2.75, 3.05) is 6.61 Å². The Balaban J connectivity index is 2.54. The number of nitrogens with one attached hydrogen (secondary N) is 1. The van der Waals surface area contributed by atoms with Crippen molar-refractivity contribution in [2.45, 2.75) is 34.1 Å². The molecule has 1 aromatic heterocycles. The maximum atomic E-state index is 12.5. The molecule has 1 heterocycles. The Morgan fingerprint density at radius 1 is 1.32 bits per heavy atom. The molecule has 102 valence electrons. The number of Topliss-reactive ketones (excluding diaryl/α,β-unsaturated/α-hetero) is 1. The molecule has 0 fully saturated rings. The van der Waals surface area contributed by atoms with E-state index in [4.69, 9.17) is 4.74 Å². The number of rotatable bonds is 4. The highest BCUT2D eigenvalue weighted by molar-refractivity contribution is 6.11. The first-order chi connectivity index (χ1) is 8.95. The smallest absolute Gasteiger partial charge is 0.170 e. The Morgan fingerprint density at radius 2 is 2.05 bits per heavy atom. The Kier molecular flexibility index (Phi) is 3.65. The van der Waals surface area contributed by atoms with Gasteiger partial charge in [-0.3, -0.25) is 4.79 Å². The maximum absolute atomic E-state index is 12.5. The molecule has 0 atom stereocenters. The molecule has 0 radical (unpaired) electrons. The Bertz CT molecular complexity index is 590. The molecule has 0 spiro atoms. The molecule has 0 aliphatic carbocycles. The first kappa shape index (κ1) is 13.7. The summed E-state index contributed by atoms with van der Waals surface area (Å²) in [5.74, 6) is 0.916. The minimum atomic E-state index is -0.396. The first-order valence-corrected chi connectivity index (χ1v) is 6.73. The number of carbonyl (C=O) groups is 1. The lowest BCUT2D eigenvalue weighted by molar-refractivity contribution is 0.0860. The second-order valence-corrected chi connectivity index (χ2v) is 5.81. The van der Waals surface area contributed by atoms with Crippen LogP contribution in [0.4, 0.5) is 0 Å². The van der Waals surface area contributed by atoms with Crippen molar-refractivity contribution in [1.29, 1.82) is 0 Å². The van der Waals surface area contributed by atoms with Crippen molar-refractivity contribution < 1.29 is 9.53 Å². The van der Waals surface area contributed by atoms with Gasteiger partial charge in [0, 0.05) is 22.7 Å². The van der Waals surface area contributed by atoms with E-state index in [2.05, 4.69) is 11.9 Å². The molecule has 2 aromatic rings. The number of ether oxygens (including phenoxy) is 1. The summed E-state index contributed by atoms with van der Waals surface area (Å²) in [6.45, 7) is 8.53. The van der Waals surface area contributed by atoms with Gasteiger partial charge < -0.3 is 9.72 Å². The molecule has 2 rings (SSSR count). The van der Waals surface area contributed by atoms with Gasteiger partial charge in [-0.1, -0.05) is 33.8 Å². The van der Waals surface area contributed by atoms with Crippen molar-refractivity contribution in [3.05, 3.63) is 30.0 Å². The summed E-state index contributed by atoms with van der Waals surface area (Å²) in [5.41, 5.74) is 1.27. The van der Waals surface area contributed by atoms with E-state index in [9.17, 15) is 4.79 Å². The zero-order valence-electron chi connectivity index (χ0n) is 12.0. The van der Waals surface area contributed by atoms with Crippen molar-refractivity contribution in [2.24, 2.45) is 5.41 Å². The average Bonchev–Trinajstić information content (AvgIpc) is 2.78. The lowest BCUT2D eigenvalue weighted by Gasteiger charge is -2.16. The van der Waals surface area contributed by atoms with Gasteiger partial charge in [0.1, 0.15) is 5.75 Å². The molecular weight excluding hydrogens is 238 g/mol. The van der Waals surface area contributed by atoms with Crippen LogP contribution in [0, 0.1) is 5.41 Å². The van der Waals surface area contributed by atoms with E-state index in [1.807, 2.05) is 39.0 Å². The largest absolute Gasteiger partial charge is 0.493 e. The van der Waals surface area contributed by atoms with E-state index < -0.39 is 5.41 Å². The van der Waals surface area contributed by atoms with Gasteiger partial charge in [0.05, 0.1) is 12.0 Å². The van der Waals surface area contributed by atoms with E-state index in [-0.39, 0.29) is 5.78 Å². The molecule has 0 amide bonds. The standard InChI is InChI=1S/C16H21NO2/c1-5-9-19-13-8-6-7-12-14(13)11(10-17-12)15(18)16(2,3)4/h6-8,10,17H,5,9H2,1-4H3. The van der Waals surface area contributed by atoms with Gasteiger partial charge in [0.2, 0.25) is 0 Å². The second-order valence-electron chi connectivity index (χ2n) is 5.81. The molecule has 3 heteroatoms. The normalized spacial score (nSPS) is 11.8. The van der Waals surface area contributed by atoms with E-state index in [1.165, 1.54) is 0 Å². The van der Waals surface area contributed by atoms with E-state index in [0.29, 0.717) is 12.2 Å². The van der Waals surface area contributed by atoms with Crippen LogP contribution in [-0.4, -0.2) is 17.4 Å². The maximum Gasteiger partial charge on any atom is 0.170 e. The van der Waals surface area contributed by atoms with E-state index in [1.54, 1.807) is 6.20 Å². The van der Waals surface area contributed by atoms with Gasteiger partial charge in [-0.05, 0) is 18.6 Å². The van der Waals surface area contributed by atoms with Gasteiger partial charge in [-0.25, -0.2) is 0 Å². The number of aromatic amines is 1. The third kappa shape index (κ3) is 2.65. The van der Waals surface area contributed by atoms with Crippen molar-refractivity contribution >= 4 is 16.7 Å². The van der Waals surface area contributed by atoms with Crippen LogP contribution in [-0.2, 0) is 0 Å².